The van der Waals surface area contributed by atoms with Gasteiger partial charge in [0.15, 0.2) is 0 Å². The SMILES string of the molecule is Cc1ccc(CC(=O)N[C@H]2COC[C@H]2CS(=O)(=O)N(C)C)cc1F. The molecule has 1 aromatic carbocycles. The average molecular weight is 358 g/mol. The number of benzene rings is 1. The largest absolute Gasteiger partial charge is 0.379 e. The van der Waals surface area contributed by atoms with Crippen molar-refractivity contribution in [3.63, 3.8) is 0 Å². The van der Waals surface area contributed by atoms with E-state index in [1.807, 2.05) is 0 Å². The van der Waals surface area contributed by atoms with Gasteiger partial charge in [0.2, 0.25) is 15.9 Å². The number of nitrogens with zero attached hydrogens (tertiary/aromatic N) is 1. The highest BCUT2D eigenvalue weighted by Gasteiger charge is 2.34. The fraction of sp³-hybridized carbons (Fsp3) is 0.562. The lowest BCUT2D eigenvalue weighted by molar-refractivity contribution is -0.121. The van der Waals surface area contributed by atoms with Crippen LogP contribution in [0.2, 0.25) is 0 Å². The second-order valence-electron chi connectivity index (χ2n) is 6.29. The molecule has 1 aromatic rings. The molecule has 1 N–H and O–H groups in total. The molecule has 1 heterocycles. The van der Waals surface area contributed by atoms with Gasteiger partial charge in [-0.05, 0) is 24.1 Å². The van der Waals surface area contributed by atoms with Gasteiger partial charge in [-0.2, -0.15) is 0 Å². The summed E-state index contributed by atoms with van der Waals surface area (Å²) in [6.07, 6.45) is 0.0425. The van der Waals surface area contributed by atoms with Crippen LogP contribution in [0.1, 0.15) is 11.1 Å². The minimum Gasteiger partial charge on any atom is -0.379 e. The normalized spacial score (nSPS) is 21.2. The Hall–Kier alpha value is -1.51. The first kappa shape index (κ1) is 18.8. The molecule has 0 aromatic heterocycles. The molecule has 8 heteroatoms. The minimum absolute atomic E-state index is 0.0425. The highest BCUT2D eigenvalue weighted by Crippen LogP contribution is 2.17. The first-order valence-electron chi connectivity index (χ1n) is 7.71. The lowest BCUT2D eigenvalue weighted by Gasteiger charge is -2.21. The van der Waals surface area contributed by atoms with Crippen molar-refractivity contribution in [3.05, 3.63) is 35.1 Å². The number of nitrogens with one attached hydrogen (secondary N) is 1. The van der Waals surface area contributed by atoms with E-state index in [-0.39, 0.29) is 49.1 Å². The van der Waals surface area contributed by atoms with Crippen LogP contribution in [0, 0.1) is 18.7 Å². The Morgan fingerprint density at radius 2 is 2.08 bits per heavy atom. The van der Waals surface area contributed by atoms with Crippen LogP contribution in [0.3, 0.4) is 0 Å². The van der Waals surface area contributed by atoms with Gasteiger partial charge < -0.3 is 10.1 Å². The molecule has 24 heavy (non-hydrogen) atoms. The number of carbonyl (C=O) groups excluding carboxylic acids is 1. The third kappa shape index (κ3) is 4.75. The van der Waals surface area contributed by atoms with Crippen LogP contribution in [0.25, 0.3) is 0 Å². The van der Waals surface area contributed by atoms with Gasteiger partial charge in [-0.25, -0.2) is 17.1 Å². The molecule has 134 valence electrons. The Balaban J connectivity index is 1.96. The molecule has 2 atom stereocenters. The predicted molar refractivity (Wildman–Crippen MR) is 88.6 cm³/mol. The molecule has 1 aliphatic heterocycles. The van der Waals surface area contributed by atoms with Gasteiger partial charge in [0.1, 0.15) is 5.82 Å². The van der Waals surface area contributed by atoms with Gasteiger partial charge in [0.25, 0.3) is 0 Å². The number of ether oxygens (including phenoxy) is 1. The standard InChI is InChI=1S/C16H23FN2O4S/c1-11-4-5-12(6-14(11)17)7-16(20)18-15-9-23-8-13(15)10-24(21,22)19(2)3/h4-6,13,15H,7-10H2,1-3H3,(H,18,20)/t13-,15-/m0/s1. The van der Waals surface area contributed by atoms with Crippen molar-refractivity contribution < 1.29 is 22.3 Å². The van der Waals surface area contributed by atoms with Crippen LogP contribution in [0.4, 0.5) is 4.39 Å². The highest BCUT2D eigenvalue weighted by atomic mass is 32.2. The van der Waals surface area contributed by atoms with Crippen LogP contribution in [-0.4, -0.2) is 57.7 Å². The molecule has 0 radical (unpaired) electrons. The number of aryl methyl sites for hydroxylation is 1. The van der Waals surface area contributed by atoms with Crippen LogP contribution in [-0.2, 0) is 26.0 Å². The zero-order chi connectivity index (χ0) is 17.9. The van der Waals surface area contributed by atoms with Crippen molar-refractivity contribution in [2.75, 3.05) is 33.1 Å². The summed E-state index contributed by atoms with van der Waals surface area (Å²) in [5, 5.41) is 2.80. The topological polar surface area (TPSA) is 75.7 Å². The number of carbonyl (C=O) groups is 1. The summed E-state index contributed by atoms with van der Waals surface area (Å²) in [4.78, 5) is 12.2. The Labute approximate surface area is 142 Å². The quantitative estimate of drug-likeness (QED) is 0.812. The van der Waals surface area contributed by atoms with E-state index in [2.05, 4.69) is 5.32 Å². The van der Waals surface area contributed by atoms with Gasteiger partial charge in [-0.1, -0.05) is 12.1 Å². The summed E-state index contributed by atoms with van der Waals surface area (Å²) in [5.41, 5.74) is 1.10. The molecule has 1 saturated heterocycles. The molecule has 1 aliphatic rings. The first-order chi connectivity index (χ1) is 11.2. The summed E-state index contributed by atoms with van der Waals surface area (Å²) in [7, 11) is -0.413. The molecule has 2 rings (SSSR count). The van der Waals surface area contributed by atoms with E-state index in [9.17, 15) is 17.6 Å². The van der Waals surface area contributed by atoms with Crippen LogP contribution in [0.15, 0.2) is 18.2 Å². The van der Waals surface area contributed by atoms with E-state index in [1.165, 1.54) is 24.5 Å². The van der Waals surface area contributed by atoms with Gasteiger partial charge in [-0.3, -0.25) is 4.79 Å². The molecule has 1 amide bonds. The summed E-state index contributed by atoms with van der Waals surface area (Å²) in [6.45, 7) is 2.23. The first-order valence-corrected chi connectivity index (χ1v) is 9.32. The lowest BCUT2D eigenvalue weighted by Crippen LogP contribution is -2.44. The second-order valence-corrected chi connectivity index (χ2v) is 8.52. The van der Waals surface area contributed by atoms with Crippen LogP contribution in [0.5, 0.6) is 0 Å². The smallest absolute Gasteiger partial charge is 0.224 e. The summed E-state index contributed by atoms with van der Waals surface area (Å²) in [6, 6.07) is 4.32. The van der Waals surface area contributed by atoms with Crippen molar-refractivity contribution in [3.8, 4) is 0 Å². The average Bonchev–Trinajstić information content (AvgIpc) is 2.89. The maximum Gasteiger partial charge on any atom is 0.224 e. The number of hydrogen-bond acceptors (Lipinski definition) is 4. The number of amides is 1. The third-order valence-corrected chi connectivity index (χ3v) is 6.09. The number of sulfonamides is 1. The van der Waals surface area contributed by atoms with Crippen molar-refractivity contribution in [1.82, 2.24) is 9.62 Å². The van der Waals surface area contributed by atoms with E-state index < -0.39 is 10.0 Å². The Kier molecular flexibility index (Phi) is 5.95. The fourth-order valence-corrected chi connectivity index (χ4v) is 3.70. The molecule has 1 fully saturated rings. The fourth-order valence-electron chi connectivity index (χ4n) is 2.53. The third-order valence-electron chi connectivity index (χ3n) is 4.13. The van der Waals surface area contributed by atoms with E-state index in [0.29, 0.717) is 11.1 Å². The number of hydrogen-bond donors (Lipinski definition) is 1. The Bertz CT molecular complexity index is 706. The van der Waals surface area contributed by atoms with Crippen LogP contribution < -0.4 is 5.32 Å². The molecule has 0 spiro atoms. The monoisotopic (exact) mass is 358 g/mol. The summed E-state index contributed by atoms with van der Waals surface area (Å²) < 4.78 is 44.0. The number of rotatable bonds is 6. The van der Waals surface area contributed by atoms with E-state index >= 15 is 0 Å². The maximum absolute atomic E-state index is 13.5. The lowest BCUT2D eigenvalue weighted by atomic mass is 10.0. The van der Waals surface area contributed by atoms with Crippen molar-refractivity contribution in [2.24, 2.45) is 5.92 Å². The highest BCUT2D eigenvalue weighted by molar-refractivity contribution is 7.89. The van der Waals surface area contributed by atoms with E-state index in [1.54, 1.807) is 19.1 Å². The molecular weight excluding hydrogens is 335 g/mol. The predicted octanol–water partition coefficient (Wildman–Crippen LogP) is 0.699. The van der Waals surface area contributed by atoms with Gasteiger partial charge in [-0.15, -0.1) is 0 Å². The molecule has 0 unspecified atom stereocenters. The van der Waals surface area contributed by atoms with Gasteiger partial charge in [0, 0.05) is 20.0 Å². The zero-order valence-corrected chi connectivity index (χ0v) is 14.9. The van der Waals surface area contributed by atoms with Gasteiger partial charge >= 0.3 is 0 Å². The van der Waals surface area contributed by atoms with Crippen LogP contribution >= 0.6 is 0 Å². The van der Waals surface area contributed by atoms with Crippen molar-refractivity contribution >= 4 is 15.9 Å². The maximum atomic E-state index is 13.5. The molecule has 0 aliphatic carbocycles. The van der Waals surface area contributed by atoms with E-state index in [4.69, 9.17) is 4.74 Å². The zero-order valence-electron chi connectivity index (χ0n) is 14.1. The molecule has 6 nitrogen and oxygen atoms in total. The second kappa shape index (κ2) is 7.58. The van der Waals surface area contributed by atoms with Crippen molar-refractivity contribution in [2.45, 2.75) is 19.4 Å². The minimum atomic E-state index is -3.37. The van der Waals surface area contributed by atoms with Gasteiger partial charge in [0.05, 0.1) is 31.4 Å². The summed E-state index contributed by atoms with van der Waals surface area (Å²) in [5.74, 6) is -0.999. The molecule has 0 bridgehead atoms. The Morgan fingerprint density at radius 1 is 1.38 bits per heavy atom. The Morgan fingerprint density at radius 3 is 2.71 bits per heavy atom. The molecule has 0 saturated carbocycles. The number of halogens is 1. The van der Waals surface area contributed by atoms with Crippen molar-refractivity contribution in [1.29, 1.82) is 0 Å². The summed E-state index contributed by atoms with van der Waals surface area (Å²) >= 11 is 0. The van der Waals surface area contributed by atoms with E-state index in [0.717, 1.165) is 0 Å². The molecular formula is C16H23FN2O4S.